The van der Waals surface area contributed by atoms with E-state index in [1.807, 2.05) is 6.07 Å². The van der Waals surface area contributed by atoms with Crippen LogP contribution in [0.15, 0.2) is 18.2 Å². The molecule has 1 fully saturated rings. The Labute approximate surface area is 102 Å². The van der Waals surface area contributed by atoms with Crippen molar-refractivity contribution in [2.24, 2.45) is 0 Å². The molecule has 0 bridgehead atoms. The van der Waals surface area contributed by atoms with E-state index in [4.69, 9.17) is 11.6 Å². The summed E-state index contributed by atoms with van der Waals surface area (Å²) in [5.41, 5.74) is 2.83. The van der Waals surface area contributed by atoms with Crippen molar-refractivity contribution in [2.45, 2.75) is 12.5 Å². The molecule has 2 nitrogen and oxygen atoms in total. The largest absolute Gasteiger partial charge is 0.303 e. The van der Waals surface area contributed by atoms with Gasteiger partial charge in [-0.1, -0.05) is 23.7 Å². The number of fused-ring (bicyclic) bond motifs is 3. The summed E-state index contributed by atoms with van der Waals surface area (Å²) in [7, 11) is 2.20. The van der Waals surface area contributed by atoms with Gasteiger partial charge < -0.3 is 4.90 Å². The first-order chi connectivity index (χ1) is 7.75. The van der Waals surface area contributed by atoms with E-state index in [1.54, 1.807) is 0 Å². The minimum Gasteiger partial charge on any atom is -0.303 e. The van der Waals surface area contributed by atoms with Crippen molar-refractivity contribution in [1.82, 2.24) is 9.80 Å². The molecule has 1 saturated heterocycles. The van der Waals surface area contributed by atoms with Crippen LogP contribution in [0.1, 0.15) is 17.2 Å². The molecule has 0 spiro atoms. The van der Waals surface area contributed by atoms with E-state index in [0.717, 1.165) is 24.5 Å². The fourth-order valence-electron chi connectivity index (χ4n) is 2.93. The fourth-order valence-corrected chi connectivity index (χ4v) is 3.20. The predicted octanol–water partition coefficient (Wildman–Crippen LogP) is 2.18. The van der Waals surface area contributed by atoms with Gasteiger partial charge in [0, 0.05) is 37.2 Å². The summed E-state index contributed by atoms with van der Waals surface area (Å²) < 4.78 is 0. The number of hydrogen-bond acceptors (Lipinski definition) is 2. The first-order valence-corrected chi connectivity index (χ1v) is 6.33. The van der Waals surface area contributed by atoms with Crippen LogP contribution < -0.4 is 0 Å². The molecule has 2 heterocycles. The smallest absolute Gasteiger partial charge is 0.0479 e. The van der Waals surface area contributed by atoms with Gasteiger partial charge in [0.05, 0.1) is 0 Å². The molecule has 0 radical (unpaired) electrons. The standard InChI is InChI=1S/C13H17ClN2/c1-15-7-8-16-6-5-10-11(13(16)9-15)3-2-4-12(10)14/h2-4,13H,5-9H2,1H3. The van der Waals surface area contributed by atoms with Gasteiger partial charge in [-0.05, 0) is 30.7 Å². The van der Waals surface area contributed by atoms with E-state index < -0.39 is 0 Å². The molecule has 2 aliphatic rings. The molecule has 86 valence electrons. The van der Waals surface area contributed by atoms with Crippen molar-refractivity contribution in [1.29, 1.82) is 0 Å². The molecule has 0 aliphatic carbocycles. The van der Waals surface area contributed by atoms with E-state index >= 15 is 0 Å². The summed E-state index contributed by atoms with van der Waals surface area (Å²) in [6.07, 6.45) is 1.11. The summed E-state index contributed by atoms with van der Waals surface area (Å²) in [6, 6.07) is 6.90. The van der Waals surface area contributed by atoms with Crippen LogP contribution in [0.3, 0.4) is 0 Å². The first-order valence-electron chi connectivity index (χ1n) is 5.95. The second kappa shape index (κ2) is 4.02. The summed E-state index contributed by atoms with van der Waals surface area (Å²) in [4.78, 5) is 5.01. The van der Waals surface area contributed by atoms with Crippen LogP contribution in [-0.4, -0.2) is 43.0 Å². The lowest BCUT2D eigenvalue weighted by Gasteiger charge is -2.44. The van der Waals surface area contributed by atoms with Crippen LogP contribution in [0.5, 0.6) is 0 Å². The Morgan fingerprint density at radius 1 is 1.25 bits per heavy atom. The Balaban J connectivity index is 2.00. The highest BCUT2D eigenvalue weighted by Gasteiger charge is 2.31. The zero-order valence-electron chi connectivity index (χ0n) is 9.62. The van der Waals surface area contributed by atoms with Crippen LogP contribution in [-0.2, 0) is 6.42 Å². The number of hydrogen-bond donors (Lipinski definition) is 0. The molecule has 1 aromatic rings. The van der Waals surface area contributed by atoms with Crippen LogP contribution in [0.4, 0.5) is 0 Å². The van der Waals surface area contributed by atoms with E-state index in [1.165, 1.54) is 24.2 Å². The Hall–Kier alpha value is -0.570. The van der Waals surface area contributed by atoms with Gasteiger partial charge in [-0.2, -0.15) is 0 Å². The van der Waals surface area contributed by atoms with Gasteiger partial charge in [-0.15, -0.1) is 0 Å². The van der Waals surface area contributed by atoms with Crippen LogP contribution in [0.25, 0.3) is 0 Å². The molecule has 3 heteroatoms. The maximum Gasteiger partial charge on any atom is 0.0479 e. The molecule has 16 heavy (non-hydrogen) atoms. The summed E-state index contributed by atoms with van der Waals surface area (Å²) in [6.45, 7) is 4.67. The molecule has 0 N–H and O–H groups in total. The minimum absolute atomic E-state index is 0.557. The second-order valence-corrected chi connectivity index (χ2v) is 5.28. The molecule has 2 aliphatic heterocycles. The molecular formula is C13H17ClN2. The average molecular weight is 237 g/mol. The normalized spacial score (nSPS) is 26.2. The number of likely N-dealkylation sites (N-methyl/N-ethyl adjacent to an activating group) is 1. The second-order valence-electron chi connectivity index (χ2n) is 4.87. The van der Waals surface area contributed by atoms with Gasteiger partial charge in [0.15, 0.2) is 0 Å². The monoisotopic (exact) mass is 236 g/mol. The van der Waals surface area contributed by atoms with Gasteiger partial charge in [-0.25, -0.2) is 0 Å². The minimum atomic E-state index is 0.557. The molecule has 1 atom stereocenters. The summed E-state index contributed by atoms with van der Waals surface area (Å²) in [5, 5.41) is 0.949. The van der Waals surface area contributed by atoms with E-state index in [9.17, 15) is 0 Å². The molecule has 0 amide bonds. The molecule has 0 aromatic heterocycles. The van der Waals surface area contributed by atoms with Crippen molar-refractivity contribution in [2.75, 3.05) is 33.2 Å². The van der Waals surface area contributed by atoms with Gasteiger partial charge in [0.1, 0.15) is 0 Å². The van der Waals surface area contributed by atoms with Gasteiger partial charge >= 0.3 is 0 Å². The highest BCUT2D eigenvalue weighted by molar-refractivity contribution is 6.31. The molecule has 3 rings (SSSR count). The highest BCUT2D eigenvalue weighted by Crippen LogP contribution is 2.35. The van der Waals surface area contributed by atoms with Gasteiger partial charge in [0.2, 0.25) is 0 Å². The van der Waals surface area contributed by atoms with E-state index in [-0.39, 0.29) is 0 Å². The fraction of sp³-hybridized carbons (Fsp3) is 0.538. The molecular weight excluding hydrogens is 220 g/mol. The highest BCUT2D eigenvalue weighted by atomic mass is 35.5. The third-order valence-electron chi connectivity index (χ3n) is 3.86. The Morgan fingerprint density at radius 2 is 2.12 bits per heavy atom. The summed E-state index contributed by atoms with van der Waals surface area (Å²) in [5.74, 6) is 0. The number of halogens is 1. The first kappa shape index (κ1) is 10.6. The Kier molecular flexibility index (Phi) is 2.66. The quantitative estimate of drug-likeness (QED) is 0.682. The lowest BCUT2D eigenvalue weighted by Crippen LogP contribution is -2.49. The average Bonchev–Trinajstić information content (AvgIpc) is 2.29. The maximum atomic E-state index is 6.28. The Morgan fingerprint density at radius 3 is 3.00 bits per heavy atom. The van der Waals surface area contributed by atoms with Crippen molar-refractivity contribution in [3.05, 3.63) is 34.3 Å². The lowest BCUT2D eigenvalue weighted by molar-refractivity contribution is 0.0826. The lowest BCUT2D eigenvalue weighted by atomic mass is 9.91. The predicted molar refractivity (Wildman–Crippen MR) is 67.0 cm³/mol. The maximum absolute atomic E-state index is 6.28. The number of piperazine rings is 1. The van der Waals surface area contributed by atoms with Crippen molar-refractivity contribution >= 4 is 11.6 Å². The van der Waals surface area contributed by atoms with Crippen LogP contribution in [0, 0.1) is 0 Å². The third kappa shape index (κ3) is 1.65. The number of benzene rings is 1. The summed E-state index contributed by atoms with van der Waals surface area (Å²) >= 11 is 6.28. The number of nitrogens with zero attached hydrogens (tertiary/aromatic N) is 2. The SMILES string of the molecule is CN1CCN2CCc3c(Cl)cccc3C2C1. The van der Waals surface area contributed by atoms with Crippen molar-refractivity contribution in [3.8, 4) is 0 Å². The zero-order valence-corrected chi connectivity index (χ0v) is 10.4. The van der Waals surface area contributed by atoms with Crippen molar-refractivity contribution in [3.63, 3.8) is 0 Å². The topological polar surface area (TPSA) is 6.48 Å². The zero-order chi connectivity index (χ0) is 11.1. The molecule has 0 saturated carbocycles. The molecule has 1 aromatic carbocycles. The van der Waals surface area contributed by atoms with E-state index in [2.05, 4.69) is 29.0 Å². The number of rotatable bonds is 0. The Bertz CT molecular complexity index is 405. The molecule has 1 unspecified atom stereocenters. The van der Waals surface area contributed by atoms with Gasteiger partial charge in [-0.3, -0.25) is 4.90 Å². The van der Waals surface area contributed by atoms with Crippen molar-refractivity contribution < 1.29 is 0 Å². The van der Waals surface area contributed by atoms with Crippen LogP contribution in [0.2, 0.25) is 5.02 Å². The van der Waals surface area contributed by atoms with Crippen LogP contribution >= 0.6 is 11.6 Å². The van der Waals surface area contributed by atoms with Gasteiger partial charge in [0.25, 0.3) is 0 Å². The van der Waals surface area contributed by atoms with E-state index in [0.29, 0.717) is 6.04 Å². The third-order valence-corrected chi connectivity index (χ3v) is 4.21.